The molecule has 0 atom stereocenters. The molecule has 19 heavy (non-hydrogen) atoms. The molecule has 0 bridgehead atoms. The number of nitrogens with zero attached hydrogens (tertiary/aromatic N) is 2. The highest BCUT2D eigenvalue weighted by atomic mass is 16.1. The molecule has 0 radical (unpaired) electrons. The third-order valence-corrected chi connectivity index (χ3v) is 2.74. The highest BCUT2D eigenvalue weighted by Crippen LogP contribution is 2.18. The lowest BCUT2D eigenvalue weighted by atomic mass is 10.1. The third-order valence-electron chi connectivity index (χ3n) is 2.74. The number of nitrogens with one attached hydrogen (secondary N) is 2. The van der Waals surface area contributed by atoms with Gasteiger partial charge < -0.3 is 11.1 Å². The molecular weight excluding hydrogens is 242 g/mol. The van der Waals surface area contributed by atoms with Crippen LogP contribution in [0.2, 0.25) is 0 Å². The zero-order valence-corrected chi connectivity index (χ0v) is 10.6. The average molecular weight is 259 g/mol. The summed E-state index contributed by atoms with van der Waals surface area (Å²) in [5.41, 5.74) is 7.82. The van der Waals surface area contributed by atoms with Gasteiger partial charge in [-0.15, -0.1) is 0 Å². The van der Waals surface area contributed by atoms with E-state index >= 15 is 0 Å². The second-order valence-electron chi connectivity index (χ2n) is 4.23. The first-order valence-corrected chi connectivity index (χ1v) is 6.21. The Morgan fingerprint density at radius 2 is 2.05 bits per heavy atom. The van der Waals surface area contributed by atoms with Crippen LogP contribution in [-0.4, -0.2) is 27.9 Å². The minimum absolute atomic E-state index is 0.270. The Morgan fingerprint density at radius 1 is 1.26 bits per heavy atom. The maximum Gasteiger partial charge on any atom is 0.217 e. The standard InChI is InChI=1S/C13H17N5O/c14-12(19)7-4-8-15-9-11-13(17-18-16-11)10-5-2-1-3-6-10/h1-3,5-6,15H,4,7-9H2,(H2,14,19)(H,16,17,18). The fourth-order valence-corrected chi connectivity index (χ4v) is 1.80. The van der Waals surface area contributed by atoms with Gasteiger partial charge >= 0.3 is 0 Å². The summed E-state index contributed by atoms with van der Waals surface area (Å²) in [6.45, 7) is 1.34. The van der Waals surface area contributed by atoms with Crippen molar-refractivity contribution in [2.24, 2.45) is 5.73 Å². The number of hydrogen-bond acceptors (Lipinski definition) is 4. The molecule has 0 aliphatic rings. The van der Waals surface area contributed by atoms with Gasteiger partial charge in [-0.2, -0.15) is 15.4 Å². The first kappa shape index (κ1) is 13.2. The van der Waals surface area contributed by atoms with E-state index in [1.807, 2.05) is 30.3 Å². The van der Waals surface area contributed by atoms with Crippen molar-refractivity contribution in [3.8, 4) is 11.3 Å². The number of primary amides is 1. The van der Waals surface area contributed by atoms with Gasteiger partial charge in [-0.3, -0.25) is 4.79 Å². The average Bonchev–Trinajstić information content (AvgIpc) is 2.87. The van der Waals surface area contributed by atoms with Crippen molar-refractivity contribution in [1.82, 2.24) is 20.7 Å². The zero-order valence-electron chi connectivity index (χ0n) is 10.6. The largest absolute Gasteiger partial charge is 0.370 e. The number of benzene rings is 1. The van der Waals surface area contributed by atoms with E-state index in [4.69, 9.17) is 5.73 Å². The molecule has 0 unspecified atom stereocenters. The molecule has 100 valence electrons. The van der Waals surface area contributed by atoms with E-state index in [1.54, 1.807) is 0 Å². The van der Waals surface area contributed by atoms with Gasteiger partial charge in [0.2, 0.25) is 5.91 Å². The lowest BCUT2D eigenvalue weighted by Crippen LogP contribution is -2.18. The maximum atomic E-state index is 10.6. The van der Waals surface area contributed by atoms with E-state index in [9.17, 15) is 4.79 Å². The highest BCUT2D eigenvalue weighted by Gasteiger charge is 2.09. The van der Waals surface area contributed by atoms with Gasteiger partial charge in [0.25, 0.3) is 0 Å². The van der Waals surface area contributed by atoms with Crippen molar-refractivity contribution in [3.63, 3.8) is 0 Å². The topological polar surface area (TPSA) is 96.7 Å². The maximum absolute atomic E-state index is 10.6. The van der Waals surface area contributed by atoms with E-state index in [0.717, 1.165) is 29.9 Å². The predicted octanol–water partition coefficient (Wildman–Crippen LogP) is 0.827. The van der Waals surface area contributed by atoms with Crippen LogP contribution in [0.25, 0.3) is 11.3 Å². The van der Waals surface area contributed by atoms with Gasteiger partial charge in [0, 0.05) is 18.5 Å². The van der Waals surface area contributed by atoms with Gasteiger partial charge in [-0.25, -0.2) is 0 Å². The van der Waals surface area contributed by atoms with Crippen LogP contribution < -0.4 is 11.1 Å². The quantitative estimate of drug-likeness (QED) is 0.641. The molecule has 2 rings (SSSR count). The summed E-state index contributed by atoms with van der Waals surface area (Å²) in [7, 11) is 0. The van der Waals surface area contributed by atoms with Crippen LogP contribution in [0.1, 0.15) is 18.5 Å². The number of H-pyrrole nitrogens is 1. The Morgan fingerprint density at radius 3 is 2.79 bits per heavy atom. The second-order valence-corrected chi connectivity index (χ2v) is 4.23. The Labute approximate surface area is 111 Å². The normalized spacial score (nSPS) is 10.5. The number of aromatic amines is 1. The van der Waals surface area contributed by atoms with Crippen molar-refractivity contribution in [1.29, 1.82) is 0 Å². The summed E-state index contributed by atoms with van der Waals surface area (Å²) in [6.07, 6.45) is 1.13. The molecule has 0 saturated heterocycles. The molecule has 0 fully saturated rings. The monoisotopic (exact) mass is 259 g/mol. The number of nitrogens with two attached hydrogens (primary N) is 1. The van der Waals surface area contributed by atoms with Gasteiger partial charge in [-0.1, -0.05) is 30.3 Å². The SMILES string of the molecule is NC(=O)CCCNCc1n[nH]nc1-c1ccccc1. The Bertz CT molecular complexity index is 523. The number of hydrogen-bond donors (Lipinski definition) is 3. The van der Waals surface area contributed by atoms with Crippen molar-refractivity contribution in [2.45, 2.75) is 19.4 Å². The third kappa shape index (κ3) is 3.89. The minimum atomic E-state index is -0.270. The van der Waals surface area contributed by atoms with Crippen molar-refractivity contribution < 1.29 is 4.79 Å². The first-order chi connectivity index (χ1) is 9.27. The van der Waals surface area contributed by atoms with E-state index in [1.165, 1.54) is 0 Å². The molecule has 2 aromatic rings. The Hall–Kier alpha value is -2.21. The summed E-state index contributed by atoms with van der Waals surface area (Å²) in [5.74, 6) is -0.270. The molecule has 0 spiro atoms. The summed E-state index contributed by atoms with van der Waals surface area (Å²) < 4.78 is 0. The smallest absolute Gasteiger partial charge is 0.217 e. The van der Waals surface area contributed by atoms with Gasteiger partial charge in [0.15, 0.2) is 0 Å². The van der Waals surface area contributed by atoms with E-state index in [-0.39, 0.29) is 5.91 Å². The zero-order chi connectivity index (χ0) is 13.5. The lowest BCUT2D eigenvalue weighted by Gasteiger charge is -2.03. The molecule has 1 amide bonds. The summed E-state index contributed by atoms with van der Waals surface area (Å²) in [4.78, 5) is 10.6. The van der Waals surface area contributed by atoms with E-state index < -0.39 is 0 Å². The molecule has 6 heteroatoms. The minimum Gasteiger partial charge on any atom is -0.370 e. The van der Waals surface area contributed by atoms with Crippen molar-refractivity contribution in [2.75, 3.05) is 6.54 Å². The van der Waals surface area contributed by atoms with Crippen molar-refractivity contribution in [3.05, 3.63) is 36.0 Å². The van der Waals surface area contributed by atoms with Gasteiger partial charge in [-0.05, 0) is 13.0 Å². The second kappa shape index (κ2) is 6.65. The number of amides is 1. The van der Waals surface area contributed by atoms with Crippen LogP contribution in [0.5, 0.6) is 0 Å². The number of aromatic nitrogens is 3. The van der Waals surface area contributed by atoms with E-state index in [0.29, 0.717) is 13.0 Å². The van der Waals surface area contributed by atoms with Gasteiger partial charge in [0.05, 0.1) is 0 Å². The lowest BCUT2D eigenvalue weighted by molar-refractivity contribution is -0.118. The molecule has 4 N–H and O–H groups in total. The molecular formula is C13H17N5O. The molecule has 0 saturated carbocycles. The Balaban J connectivity index is 1.88. The number of carbonyl (C=O) groups is 1. The summed E-state index contributed by atoms with van der Waals surface area (Å²) >= 11 is 0. The molecule has 1 heterocycles. The summed E-state index contributed by atoms with van der Waals surface area (Å²) in [5, 5.41) is 14.2. The molecule has 1 aromatic heterocycles. The highest BCUT2D eigenvalue weighted by molar-refractivity contribution is 5.73. The van der Waals surface area contributed by atoms with Crippen LogP contribution in [-0.2, 0) is 11.3 Å². The summed E-state index contributed by atoms with van der Waals surface area (Å²) in [6, 6.07) is 9.89. The van der Waals surface area contributed by atoms with Crippen molar-refractivity contribution >= 4 is 5.91 Å². The van der Waals surface area contributed by atoms with Crippen LogP contribution in [0.3, 0.4) is 0 Å². The fraction of sp³-hybridized carbons (Fsp3) is 0.308. The molecule has 6 nitrogen and oxygen atoms in total. The fourth-order valence-electron chi connectivity index (χ4n) is 1.80. The van der Waals surface area contributed by atoms with Crippen LogP contribution >= 0.6 is 0 Å². The number of rotatable bonds is 7. The number of carbonyl (C=O) groups excluding carboxylic acids is 1. The van der Waals surface area contributed by atoms with Crippen LogP contribution in [0.4, 0.5) is 0 Å². The van der Waals surface area contributed by atoms with Gasteiger partial charge in [0.1, 0.15) is 11.4 Å². The Kier molecular flexibility index (Phi) is 4.63. The molecule has 1 aromatic carbocycles. The first-order valence-electron chi connectivity index (χ1n) is 6.21. The predicted molar refractivity (Wildman–Crippen MR) is 72.0 cm³/mol. The van der Waals surface area contributed by atoms with Crippen LogP contribution in [0.15, 0.2) is 30.3 Å². The van der Waals surface area contributed by atoms with Crippen LogP contribution in [0, 0.1) is 0 Å². The molecule has 0 aliphatic heterocycles. The molecule has 0 aliphatic carbocycles. The van der Waals surface area contributed by atoms with E-state index in [2.05, 4.69) is 20.7 Å².